The van der Waals surface area contributed by atoms with Crippen LogP contribution in [0.2, 0.25) is 0 Å². The number of benzene rings is 1. The van der Waals surface area contributed by atoms with Crippen LogP contribution in [0.15, 0.2) is 18.2 Å². The van der Waals surface area contributed by atoms with Crippen LogP contribution in [0.4, 0.5) is 5.69 Å². The quantitative estimate of drug-likeness (QED) is 0.836. The summed E-state index contributed by atoms with van der Waals surface area (Å²) in [5, 5.41) is 12.6. The lowest BCUT2D eigenvalue weighted by Crippen LogP contribution is -2.18. The maximum atomic E-state index is 9.12. The van der Waals surface area contributed by atoms with Crippen LogP contribution < -0.4 is 5.32 Å². The Morgan fingerprint density at radius 1 is 1.44 bits per heavy atom. The van der Waals surface area contributed by atoms with Crippen molar-refractivity contribution in [3.05, 3.63) is 29.3 Å². The maximum Gasteiger partial charge on any atom is 0.101 e. The highest BCUT2D eigenvalue weighted by Crippen LogP contribution is 2.48. The van der Waals surface area contributed by atoms with Gasteiger partial charge in [-0.1, -0.05) is 12.1 Å². The zero-order valence-corrected chi connectivity index (χ0v) is 11.1. The van der Waals surface area contributed by atoms with Crippen molar-refractivity contribution >= 4 is 5.69 Å². The fraction of sp³-hybridized carbons (Fsp3) is 0.533. The van der Waals surface area contributed by atoms with Crippen LogP contribution in [0.25, 0.3) is 0 Å². The number of ether oxygens (including phenoxy) is 1. The van der Waals surface area contributed by atoms with E-state index in [2.05, 4.69) is 11.4 Å². The van der Waals surface area contributed by atoms with Crippen LogP contribution in [0.3, 0.4) is 0 Å². The van der Waals surface area contributed by atoms with Gasteiger partial charge < -0.3 is 10.1 Å². The van der Waals surface area contributed by atoms with Crippen LogP contribution >= 0.6 is 0 Å². The number of anilines is 1. The Labute approximate surface area is 109 Å². The molecule has 3 heteroatoms. The zero-order chi connectivity index (χ0) is 13.0. The minimum atomic E-state index is 0.394. The summed E-state index contributed by atoms with van der Waals surface area (Å²) in [6, 6.07) is 8.08. The zero-order valence-electron chi connectivity index (χ0n) is 11.1. The first-order valence-corrected chi connectivity index (χ1v) is 6.43. The number of rotatable bonds is 6. The van der Waals surface area contributed by atoms with Gasteiger partial charge in [-0.3, -0.25) is 0 Å². The first-order chi connectivity index (χ1) is 8.71. The van der Waals surface area contributed by atoms with Gasteiger partial charge in [0.25, 0.3) is 0 Å². The second-order valence-corrected chi connectivity index (χ2v) is 5.21. The molecule has 0 radical (unpaired) electrons. The Bertz CT molecular complexity index is 458. The predicted octanol–water partition coefficient (Wildman–Crippen LogP) is 3.10. The number of nitrogens with zero attached hydrogens (tertiary/aromatic N) is 1. The summed E-state index contributed by atoms with van der Waals surface area (Å²) < 4.78 is 5.16. The van der Waals surface area contributed by atoms with Crippen molar-refractivity contribution < 1.29 is 4.74 Å². The van der Waals surface area contributed by atoms with Crippen molar-refractivity contribution in [3.63, 3.8) is 0 Å². The lowest BCUT2D eigenvalue weighted by atomic mass is 10.0. The highest BCUT2D eigenvalue weighted by atomic mass is 16.5. The van der Waals surface area contributed by atoms with Gasteiger partial charge in [-0.15, -0.1) is 0 Å². The summed E-state index contributed by atoms with van der Waals surface area (Å²) in [5.74, 6) is 0. The molecule has 0 bridgehead atoms. The van der Waals surface area contributed by atoms with Gasteiger partial charge >= 0.3 is 0 Å². The van der Waals surface area contributed by atoms with Crippen LogP contribution in [-0.4, -0.2) is 20.3 Å². The summed E-state index contributed by atoms with van der Waals surface area (Å²) in [6.07, 6.45) is 3.62. The molecular formula is C15H20N2O. The summed E-state index contributed by atoms with van der Waals surface area (Å²) in [6.45, 7) is 3.80. The number of para-hydroxylation sites is 1. The molecule has 1 N–H and O–H groups in total. The third-order valence-electron chi connectivity index (χ3n) is 3.83. The lowest BCUT2D eigenvalue weighted by molar-refractivity contribution is 0.175. The molecule has 0 spiro atoms. The number of aryl methyl sites for hydroxylation is 1. The molecule has 0 aromatic heterocycles. The van der Waals surface area contributed by atoms with Crippen molar-refractivity contribution in [2.45, 2.75) is 26.2 Å². The molecule has 0 aliphatic heterocycles. The molecule has 0 heterocycles. The summed E-state index contributed by atoms with van der Waals surface area (Å²) in [7, 11) is 1.75. The molecular weight excluding hydrogens is 224 g/mol. The number of hydrogen-bond donors (Lipinski definition) is 1. The van der Waals surface area contributed by atoms with Crippen LogP contribution in [0, 0.1) is 23.7 Å². The van der Waals surface area contributed by atoms with E-state index in [1.165, 1.54) is 12.8 Å². The van der Waals surface area contributed by atoms with Crippen molar-refractivity contribution in [3.8, 4) is 6.07 Å². The fourth-order valence-electron chi connectivity index (χ4n) is 2.28. The van der Waals surface area contributed by atoms with Gasteiger partial charge in [-0.25, -0.2) is 0 Å². The topological polar surface area (TPSA) is 45.0 Å². The molecule has 18 heavy (non-hydrogen) atoms. The molecule has 1 aliphatic carbocycles. The second-order valence-electron chi connectivity index (χ2n) is 5.21. The van der Waals surface area contributed by atoms with E-state index >= 15 is 0 Å². The average molecular weight is 244 g/mol. The lowest BCUT2D eigenvalue weighted by Gasteiger charge is -2.18. The van der Waals surface area contributed by atoms with Crippen LogP contribution in [0.1, 0.15) is 30.4 Å². The first kappa shape index (κ1) is 12.9. The summed E-state index contributed by atoms with van der Waals surface area (Å²) >= 11 is 0. The fourth-order valence-corrected chi connectivity index (χ4v) is 2.28. The highest BCUT2D eigenvalue weighted by Gasteiger charge is 2.41. The van der Waals surface area contributed by atoms with Gasteiger partial charge in [0.15, 0.2) is 0 Å². The third kappa shape index (κ3) is 2.83. The molecule has 1 saturated carbocycles. The van der Waals surface area contributed by atoms with E-state index in [1.807, 2.05) is 25.1 Å². The van der Waals surface area contributed by atoms with Crippen molar-refractivity contribution in [1.29, 1.82) is 5.26 Å². The van der Waals surface area contributed by atoms with E-state index in [-0.39, 0.29) is 0 Å². The van der Waals surface area contributed by atoms with Gasteiger partial charge in [0.05, 0.1) is 11.3 Å². The minimum Gasteiger partial charge on any atom is -0.385 e. The number of methoxy groups -OCH3 is 1. The molecule has 0 atom stereocenters. The highest BCUT2D eigenvalue weighted by molar-refractivity contribution is 5.62. The van der Waals surface area contributed by atoms with E-state index in [1.54, 1.807) is 7.11 Å². The van der Waals surface area contributed by atoms with E-state index in [0.29, 0.717) is 5.41 Å². The monoisotopic (exact) mass is 244 g/mol. The van der Waals surface area contributed by atoms with E-state index in [0.717, 1.165) is 36.4 Å². The van der Waals surface area contributed by atoms with Gasteiger partial charge in [0, 0.05) is 20.3 Å². The van der Waals surface area contributed by atoms with Gasteiger partial charge in [0.2, 0.25) is 0 Å². The summed E-state index contributed by atoms with van der Waals surface area (Å²) in [5.41, 5.74) is 3.25. The molecule has 1 aromatic rings. The predicted molar refractivity (Wildman–Crippen MR) is 72.5 cm³/mol. The average Bonchev–Trinajstić information content (AvgIpc) is 3.15. The smallest absolute Gasteiger partial charge is 0.101 e. The largest absolute Gasteiger partial charge is 0.385 e. The molecule has 2 rings (SSSR count). The van der Waals surface area contributed by atoms with Crippen molar-refractivity contribution in [2.24, 2.45) is 5.41 Å². The Morgan fingerprint density at radius 3 is 2.83 bits per heavy atom. The van der Waals surface area contributed by atoms with Crippen molar-refractivity contribution in [1.82, 2.24) is 0 Å². The van der Waals surface area contributed by atoms with E-state index in [9.17, 15) is 0 Å². The number of hydrogen-bond acceptors (Lipinski definition) is 3. The molecule has 0 saturated heterocycles. The van der Waals surface area contributed by atoms with Crippen LogP contribution in [-0.2, 0) is 4.74 Å². The molecule has 3 nitrogen and oxygen atoms in total. The first-order valence-electron chi connectivity index (χ1n) is 6.43. The Kier molecular flexibility index (Phi) is 3.88. The van der Waals surface area contributed by atoms with E-state index < -0.39 is 0 Å². The molecule has 1 fully saturated rings. The molecule has 1 aromatic carbocycles. The molecule has 96 valence electrons. The minimum absolute atomic E-state index is 0.394. The molecule has 0 unspecified atom stereocenters. The SMILES string of the molecule is COCCC1(CNc2c(C)cccc2C#N)CC1. The third-order valence-corrected chi connectivity index (χ3v) is 3.83. The maximum absolute atomic E-state index is 9.12. The molecule has 1 aliphatic rings. The van der Waals surface area contributed by atoms with Gasteiger partial charge in [-0.05, 0) is 43.2 Å². The second kappa shape index (κ2) is 5.41. The molecule has 0 amide bonds. The Balaban J connectivity index is 2.01. The van der Waals surface area contributed by atoms with Gasteiger partial charge in [0.1, 0.15) is 6.07 Å². The summed E-state index contributed by atoms with van der Waals surface area (Å²) in [4.78, 5) is 0. The Morgan fingerprint density at radius 2 is 2.22 bits per heavy atom. The van der Waals surface area contributed by atoms with Crippen LogP contribution in [0.5, 0.6) is 0 Å². The van der Waals surface area contributed by atoms with Crippen molar-refractivity contribution in [2.75, 3.05) is 25.6 Å². The van der Waals surface area contributed by atoms with Gasteiger partial charge in [-0.2, -0.15) is 5.26 Å². The standard InChI is InChI=1S/C15H20N2O/c1-12-4-3-5-13(10-16)14(12)17-11-15(6-7-15)8-9-18-2/h3-5,17H,6-9,11H2,1-2H3. The normalized spacial score (nSPS) is 16.1. The number of nitrogens with one attached hydrogen (secondary N) is 1. The van der Waals surface area contributed by atoms with E-state index in [4.69, 9.17) is 10.00 Å². The number of nitriles is 1. The Hall–Kier alpha value is -1.53.